The van der Waals surface area contributed by atoms with Gasteiger partial charge in [0.1, 0.15) is 5.69 Å². The van der Waals surface area contributed by atoms with Crippen LogP contribution in [0.1, 0.15) is 30.3 Å². The zero-order valence-corrected chi connectivity index (χ0v) is 12.4. The van der Waals surface area contributed by atoms with Gasteiger partial charge in [0.2, 0.25) is 0 Å². The van der Waals surface area contributed by atoms with Crippen LogP contribution in [0.5, 0.6) is 0 Å². The Hall–Kier alpha value is -1.50. The molecule has 1 atom stereocenters. The summed E-state index contributed by atoms with van der Waals surface area (Å²) in [4.78, 5) is 12.1. The molecule has 1 aliphatic rings. The molecule has 1 unspecified atom stereocenters. The molecule has 0 bridgehead atoms. The van der Waals surface area contributed by atoms with Crippen molar-refractivity contribution in [2.24, 2.45) is 5.92 Å². The first kappa shape index (κ1) is 14.9. The fourth-order valence-electron chi connectivity index (χ4n) is 2.51. The lowest BCUT2D eigenvalue weighted by atomic mass is 10.1. The Kier molecular flexibility index (Phi) is 4.37. The van der Waals surface area contributed by atoms with E-state index in [1.165, 1.54) is 0 Å². The van der Waals surface area contributed by atoms with Crippen LogP contribution in [-0.2, 0) is 16.4 Å². The normalized spacial score (nSPS) is 20.9. The van der Waals surface area contributed by atoms with Gasteiger partial charge < -0.3 is 15.6 Å². The maximum Gasteiger partial charge on any atom is 0.267 e. The summed E-state index contributed by atoms with van der Waals surface area (Å²) < 4.78 is 24.6. The second kappa shape index (κ2) is 5.87. The van der Waals surface area contributed by atoms with Crippen LogP contribution in [-0.4, -0.2) is 36.9 Å². The fourth-order valence-corrected chi connectivity index (χ4v) is 4.37. The van der Waals surface area contributed by atoms with E-state index in [2.05, 4.69) is 5.32 Å². The van der Waals surface area contributed by atoms with Crippen LogP contribution in [0, 0.1) is 5.92 Å². The summed E-state index contributed by atoms with van der Waals surface area (Å²) in [6, 6.07) is 1.65. The minimum atomic E-state index is -2.90. The van der Waals surface area contributed by atoms with Gasteiger partial charge >= 0.3 is 0 Å². The average molecular weight is 299 g/mol. The molecule has 6 nitrogen and oxygen atoms in total. The lowest BCUT2D eigenvalue weighted by Crippen LogP contribution is -2.31. The molecule has 20 heavy (non-hydrogen) atoms. The second-order valence-corrected chi connectivity index (χ2v) is 7.56. The van der Waals surface area contributed by atoms with Gasteiger partial charge in [-0.3, -0.25) is 4.79 Å². The lowest BCUT2D eigenvalue weighted by Gasteiger charge is -2.11. The zero-order valence-electron chi connectivity index (χ0n) is 11.6. The molecule has 2 heterocycles. The Morgan fingerprint density at radius 2 is 2.30 bits per heavy atom. The average Bonchev–Trinajstić information content (AvgIpc) is 2.90. The van der Waals surface area contributed by atoms with Crippen molar-refractivity contribution in [2.45, 2.75) is 26.3 Å². The van der Waals surface area contributed by atoms with Crippen molar-refractivity contribution in [1.82, 2.24) is 9.88 Å². The van der Waals surface area contributed by atoms with Crippen LogP contribution in [0.4, 0.5) is 5.69 Å². The topological polar surface area (TPSA) is 94.2 Å². The van der Waals surface area contributed by atoms with Gasteiger partial charge in [-0.25, -0.2) is 8.42 Å². The Morgan fingerprint density at radius 1 is 1.55 bits per heavy atom. The number of nitrogen functional groups attached to an aromatic ring is 1. The van der Waals surface area contributed by atoms with Crippen molar-refractivity contribution < 1.29 is 13.2 Å². The predicted molar refractivity (Wildman–Crippen MR) is 78.2 cm³/mol. The summed E-state index contributed by atoms with van der Waals surface area (Å²) in [6.45, 7) is 3.16. The number of sulfone groups is 1. The first-order valence-electron chi connectivity index (χ1n) is 6.85. The summed E-state index contributed by atoms with van der Waals surface area (Å²) in [7, 11) is -2.90. The molecule has 0 saturated carbocycles. The highest BCUT2D eigenvalue weighted by Gasteiger charge is 2.28. The lowest BCUT2D eigenvalue weighted by molar-refractivity contribution is 0.0939. The van der Waals surface area contributed by atoms with E-state index in [4.69, 9.17) is 5.73 Å². The Balaban J connectivity index is 1.95. The maximum atomic E-state index is 12.1. The van der Waals surface area contributed by atoms with E-state index < -0.39 is 9.84 Å². The van der Waals surface area contributed by atoms with Crippen LogP contribution < -0.4 is 11.1 Å². The van der Waals surface area contributed by atoms with E-state index in [-0.39, 0.29) is 23.3 Å². The molecule has 1 aromatic rings. The first-order chi connectivity index (χ1) is 9.41. The molecule has 0 spiro atoms. The number of nitrogens with two attached hydrogens (primary N) is 1. The number of nitrogens with one attached hydrogen (secondary N) is 1. The highest BCUT2D eigenvalue weighted by atomic mass is 32.2. The van der Waals surface area contributed by atoms with Gasteiger partial charge in [0.25, 0.3) is 5.91 Å². The molecule has 0 radical (unpaired) electrons. The third-order valence-electron chi connectivity index (χ3n) is 3.49. The van der Waals surface area contributed by atoms with Gasteiger partial charge in [-0.15, -0.1) is 0 Å². The molecule has 7 heteroatoms. The molecule has 1 amide bonds. The fraction of sp³-hybridized carbons (Fsp3) is 0.615. The Morgan fingerprint density at radius 3 is 2.90 bits per heavy atom. The number of carbonyl (C=O) groups excluding carboxylic acids is 1. The highest BCUT2D eigenvalue weighted by Crippen LogP contribution is 2.18. The smallest absolute Gasteiger partial charge is 0.267 e. The molecular weight excluding hydrogens is 278 g/mol. The Bertz CT molecular complexity index is 592. The molecule has 0 aromatic carbocycles. The SMILES string of the molecule is CCCn1cc(N)cc1C(=O)NCC1CCS(=O)(=O)C1. The number of hydrogen-bond donors (Lipinski definition) is 2. The number of nitrogens with zero attached hydrogens (tertiary/aromatic N) is 1. The third kappa shape index (κ3) is 3.53. The van der Waals surface area contributed by atoms with Crippen molar-refractivity contribution in [1.29, 1.82) is 0 Å². The largest absolute Gasteiger partial charge is 0.397 e. The van der Waals surface area contributed by atoms with Crippen molar-refractivity contribution >= 4 is 21.4 Å². The van der Waals surface area contributed by atoms with Crippen molar-refractivity contribution in [3.8, 4) is 0 Å². The number of aryl methyl sites for hydroxylation is 1. The van der Waals surface area contributed by atoms with Crippen molar-refractivity contribution in [3.05, 3.63) is 18.0 Å². The monoisotopic (exact) mass is 299 g/mol. The number of rotatable bonds is 5. The minimum absolute atomic E-state index is 0.0240. The quantitative estimate of drug-likeness (QED) is 0.834. The molecule has 112 valence electrons. The van der Waals surface area contributed by atoms with Gasteiger partial charge in [-0.2, -0.15) is 0 Å². The number of aromatic nitrogens is 1. The first-order valence-corrected chi connectivity index (χ1v) is 8.67. The van der Waals surface area contributed by atoms with Crippen molar-refractivity contribution in [3.63, 3.8) is 0 Å². The number of hydrogen-bond acceptors (Lipinski definition) is 4. The summed E-state index contributed by atoms with van der Waals surface area (Å²) in [5, 5.41) is 2.81. The maximum absolute atomic E-state index is 12.1. The number of anilines is 1. The molecular formula is C13H21N3O3S. The molecule has 1 saturated heterocycles. The third-order valence-corrected chi connectivity index (χ3v) is 5.33. The van der Waals surface area contributed by atoms with Crippen LogP contribution >= 0.6 is 0 Å². The molecule has 1 fully saturated rings. The van der Waals surface area contributed by atoms with Crippen LogP contribution in [0.2, 0.25) is 0 Å². The van der Waals surface area contributed by atoms with Crippen LogP contribution in [0.3, 0.4) is 0 Å². The molecule has 3 N–H and O–H groups in total. The highest BCUT2D eigenvalue weighted by molar-refractivity contribution is 7.91. The zero-order chi connectivity index (χ0) is 14.8. The van der Waals surface area contributed by atoms with Crippen LogP contribution in [0.15, 0.2) is 12.3 Å². The molecule has 1 aliphatic heterocycles. The van der Waals surface area contributed by atoms with Gasteiger partial charge in [-0.05, 0) is 24.8 Å². The van der Waals surface area contributed by atoms with Crippen molar-refractivity contribution in [2.75, 3.05) is 23.8 Å². The second-order valence-electron chi connectivity index (χ2n) is 5.33. The van der Waals surface area contributed by atoms with Gasteiger partial charge in [0, 0.05) is 19.3 Å². The number of carbonyl (C=O) groups is 1. The molecule has 1 aromatic heterocycles. The predicted octanol–water partition coefficient (Wildman–Crippen LogP) is 0.645. The van der Waals surface area contributed by atoms with E-state index >= 15 is 0 Å². The summed E-state index contributed by atoms with van der Waals surface area (Å²) in [5.74, 6) is 0.230. The van der Waals surface area contributed by atoms with Crippen LogP contribution in [0.25, 0.3) is 0 Å². The molecule has 2 rings (SSSR count). The standard InChI is InChI=1S/C13H21N3O3S/c1-2-4-16-8-11(14)6-12(16)13(17)15-7-10-3-5-20(18,19)9-10/h6,8,10H,2-5,7,9,14H2,1H3,(H,15,17). The summed E-state index contributed by atoms with van der Waals surface area (Å²) >= 11 is 0. The number of amides is 1. The summed E-state index contributed by atoms with van der Waals surface area (Å²) in [6.07, 6.45) is 3.29. The van der Waals surface area contributed by atoms with Gasteiger partial charge in [0.15, 0.2) is 9.84 Å². The van der Waals surface area contributed by atoms with E-state index in [9.17, 15) is 13.2 Å². The van der Waals surface area contributed by atoms with E-state index in [0.29, 0.717) is 24.3 Å². The van der Waals surface area contributed by atoms with Gasteiger partial charge in [0.05, 0.1) is 17.2 Å². The van der Waals surface area contributed by atoms with E-state index in [1.807, 2.05) is 11.5 Å². The van der Waals surface area contributed by atoms with E-state index in [1.54, 1.807) is 12.3 Å². The Labute approximate surface area is 119 Å². The summed E-state index contributed by atoms with van der Waals surface area (Å²) in [5.41, 5.74) is 6.82. The van der Waals surface area contributed by atoms with E-state index in [0.717, 1.165) is 13.0 Å². The molecule has 0 aliphatic carbocycles. The minimum Gasteiger partial charge on any atom is -0.397 e. The van der Waals surface area contributed by atoms with Gasteiger partial charge in [-0.1, -0.05) is 6.92 Å².